The Morgan fingerprint density at radius 1 is 0.941 bits per heavy atom. The van der Waals surface area contributed by atoms with Crippen molar-refractivity contribution in [3.63, 3.8) is 0 Å². The quantitative estimate of drug-likeness (QED) is 0.388. The van der Waals surface area contributed by atoms with Gasteiger partial charge in [-0.3, -0.25) is 14.6 Å². The highest BCUT2D eigenvalue weighted by molar-refractivity contribution is 7.18. The number of H-pyrrole nitrogens is 1. The summed E-state index contributed by atoms with van der Waals surface area (Å²) in [6, 6.07) is 14.6. The largest absolute Gasteiger partial charge is 0.309 e. The van der Waals surface area contributed by atoms with Gasteiger partial charge in [-0.05, 0) is 35.2 Å². The number of thiophene rings is 2. The van der Waals surface area contributed by atoms with Crippen molar-refractivity contribution in [1.82, 2.24) is 29.5 Å². The van der Waals surface area contributed by atoms with Gasteiger partial charge in [0.25, 0.3) is 5.56 Å². The fraction of sp³-hybridized carbons (Fsp3) is 0.240. The molecule has 1 N–H and O–H groups in total. The minimum absolute atomic E-state index is 0.0400. The molecular formula is C25H24N6OS2. The summed E-state index contributed by atoms with van der Waals surface area (Å²) >= 11 is 3.19. The molecular weight excluding hydrogens is 464 g/mol. The molecule has 5 heterocycles. The highest BCUT2D eigenvalue weighted by Gasteiger charge is 2.19. The third-order valence-corrected chi connectivity index (χ3v) is 8.00. The van der Waals surface area contributed by atoms with Crippen molar-refractivity contribution in [2.75, 3.05) is 26.2 Å². The summed E-state index contributed by atoms with van der Waals surface area (Å²) in [5, 5.41) is 9.07. The van der Waals surface area contributed by atoms with Crippen LogP contribution in [0.5, 0.6) is 0 Å². The number of aromatic nitrogens is 4. The molecule has 1 fully saturated rings. The van der Waals surface area contributed by atoms with Gasteiger partial charge in [-0.25, -0.2) is 9.67 Å². The molecule has 1 aromatic carbocycles. The maximum absolute atomic E-state index is 12.9. The molecule has 0 spiro atoms. The van der Waals surface area contributed by atoms with Crippen LogP contribution in [0.25, 0.3) is 26.3 Å². The molecule has 1 aliphatic heterocycles. The zero-order valence-corrected chi connectivity index (χ0v) is 20.2. The average molecular weight is 489 g/mol. The van der Waals surface area contributed by atoms with Crippen LogP contribution in [0.15, 0.2) is 70.4 Å². The molecule has 4 aromatic heterocycles. The molecule has 5 aromatic rings. The lowest BCUT2D eigenvalue weighted by Crippen LogP contribution is -2.45. The first-order chi connectivity index (χ1) is 16.7. The van der Waals surface area contributed by atoms with Crippen LogP contribution in [-0.2, 0) is 13.1 Å². The van der Waals surface area contributed by atoms with E-state index in [0.29, 0.717) is 11.9 Å². The highest BCUT2D eigenvalue weighted by Crippen LogP contribution is 2.33. The topological polar surface area (TPSA) is 70.1 Å². The Morgan fingerprint density at radius 2 is 1.74 bits per heavy atom. The van der Waals surface area contributed by atoms with Gasteiger partial charge in [0, 0.05) is 60.9 Å². The third kappa shape index (κ3) is 4.35. The maximum atomic E-state index is 12.9. The molecule has 0 amide bonds. The molecule has 172 valence electrons. The van der Waals surface area contributed by atoms with Crippen molar-refractivity contribution >= 4 is 32.9 Å². The predicted molar refractivity (Wildman–Crippen MR) is 138 cm³/mol. The Kier molecular flexibility index (Phi) is 5.84. The van der Waals surface area contributed by atoms with Crippen molar-refractivity contribution in [2.45, 2.75) is 13.1 Å². The first-order valence-corrected chi connectivity index (χ1v) is 13.1. The van der Waals surface area contributed by atoms with Crippen LogP contribution in [0.2, 0.25) is 0 Å². The second kappa shape index (κ2) is 9.27. The Morgan fingerprint density at radius 3 is 2.44 bits per heavy atom. The second-order valence-electron chi connectivity index (χ2n) is 8.49. The van der Waals surface area contributed by atoms with Gasteiger partial charge in [0.05, 0.1) is 17.6 Å². The molecule has 6 rings (SSSR count). The number of hydrogen-bond donors (Lipinski definition) is 1. The first-order valence-electron chi connectivity index (χ1n) is 11.3. The maximum Gasteiger partial charge on any atom is 0.260 e. The van der Waals surface area contributed by atoms with Crippen molar-refractivity contribution in [2.24, 2.45) is 0 Å². The van der Waals surface area contributed by atoms with Crippen LogP contribution >= 0.6 is 22.7 Å². The zero-order valence-electron chi connectivity index (χ0n) is 18.6. The minimum Gasteiger partial charge on any atom is -0.309 e. The Hall–Kier alpha value is -3.11. The second-order valence-corrected chi connectivity index (χ2v) is 10.3. The summed E-state index contributed by atoms with van der Waals surface area (Å²) in [4.78, 5) is 27.5. The summed E-state index contributed by atoms with van der Waals surface area (Å²) < 4.78 is 1.87. The highest BCUT2D eigenvalue weighted by atomic mass is 32.1. The van der Waals surface area contributed by atoms with E-state index in [2.05, 4.69) is 44.1 Å². The third-order valence-electron chi connectivity index (χ3n) is 6.23. The standard InChI is InChI=1S/C25H24N6OS2/c32-24-23-20(21-3-1-14-33-21)17-34-25(23)28-22(27-24)16-30-12-10-29(11-13-30)15-18-4-6-19(7-5-18)31-9-2-8-26-31/h1-9,14,17H,10-13,15-16H2,(H,27,28,32). The van der Waals surface area contributed by atoms with Gasteiger partial charge in [0.15, 0.2) is 0 Å². The Balaban J connectivity index is 1.07. The number of rotatable bonds is 6. The van der Waals surface area contributed by atoms with Gasteiger partial charge in [-0.15, -0.1) is 22.7 Å². The van der Waals surface area contributed by atoms with Crippen molar-refractivity contribution in [1.29, 1.82) is 0 Å². The summed E-state index contributed by atoms with van der Waals surface area (Å²) in [5.74, 6) is 0.750. The van der Waals surface area contributed by atoms with Crippen LogP contribution in [0, 0.1) is 0 Å². The number of nitrogens with one attached hydrogen (secondary N) is 1. The number of benzene rings is 1. The lowest BCUT2D eigenvalue weighted by atomic mass is 10.2. The van der Waals surface area contributed by atoms with Gasteiger partial charge in [-0.1, -0.05) is 18.2 Å². The molecule has 1 aliphatic rings. The smallest absolute Gasteiger partial charge is 0.260 e. The Bertz CT molecular complexity index is 1430. The van der Waals surface area contributed by atoms with E-state index in [1.807, 2.05) is 39.8 Å². The van der Waals surface area contributed by atoms with E-state index in [1.165, 1.54) is 5.56 Å². The SMILES string of the molecule is O=c1[nH]c(CN2CCN(Cc3ccc(-n4cccn4)cc3)CC2)nc2scc(-c3cccs3)c12. The van der Waals surface area contributed by atoms with E-state index < -0.39 is 0 Å². The first kappa shape index (κ1) is 21.4. The van der Waals surface area contributed by atoms with Gasteiger partial charge in [0.2, 0.25) is 0 Å². The minimum atomic E-state index is -0.0400. The number of nitrogens with zero attached hydrogens (tertiary/aromatic N) is 5. The van der Waals surface area contributed by atoms with E-state index >= 15 is 0 Å². The number of hydrogen-bond acceptors (Lipinski definition) is 7. The van der Waals surface area contributed by atoms with Gasteiger partial charge < -0.3 is 4.98 Å². The van der Waals surface area contributed by atoms with E-state index in [4.69, 9.17) is 4.98 Å². The summed E-state index contributed by atoms with van der Waals surface area (Å²) in [5.41, 5.74) is 3.33. The van der Waals surface area contributed by atoms with Gasteiger partial charge >= 0.3 is 0 Å². The van der Waals surface area contributed by atoms with Crippen LogP contribution in [0.4, 0.5) is 0 Å². The van der Waals surface area contributed by atoms with E-state index in [0.717, 1.165) is 59.5 Å². The molecule has 0 radical (unpaired) electrons. The molecule has 0 saturated carbocycles. The normalized spacial score (nSPS) is 15.3. The van der Waals surface area contributed by atoms with Crippen molar-refractivity contribution in [3.8, 4) is 16.1 Å². The molecule has 0 atom stereocenters. The summed E-state index contributed by atoms with van der Waals surface area (Å²) in [6.07, 6.45) is 3.74. The molecule has 0 bridgehead atoms. The van der Waals surface area contributed by atoms with Crippen molar-refractivity contribution in [3.05, 3.63) is 87.4 Å². The van der Waals surface area contributed by atoms with Gasteiger partial charge in [0.1, 0.15) is 10.7 Å². The Labute approximate surface area is 204 Å². The lowest BCUT2D eigenvalue weighted by molar-refractivity contribution is 0.120. The van der Waals surface area contributed by atoms with E-state index in [-0.39, 0.29) is 5.56 Å². The van der Waals surface area contributed by atoms with Crippen LogP contribution in [-0.4, -0.2) is 55.7 Å². The number of piperazine rings is 1. The molecule has 34 heavy (non-hydrogen) atoms. The van der Waals surface area contributed by atoms with Crippen LogP contribution in [0.1, 0.15) is 11.4 Å². The zero-order chi connectivity index (χ0) is 22.9. The van der Waals surface area contributed by atoms with Crippen LogP contribution < -0.4 is 5.56 Å². The molecule has 0 unspecified atom stereocenters. The summed E-state index contributed by atoms with van der Waals surface area (Å²) in [7, 11) is 0. The monoisotopic (exact) mass is 488 g/mol. The summed E-state index contributed by atoms with van der Waals surface area (Å²) in [6.45, 7) is 5.51. The molecule has 1 saturated heterocycles. The molecule has 0 aliphatic carbocycles. The molecule has 9 heteroatoms. The fourth-order valence-corrected chi connectivity index (χ4v) is 6.21. The van der Waals surface area contributed by atoms with E-state index in [1.54, 1.807) is 28.9 Å². The fourth-order valence-electron chi connectivity index (χ4n) is 4.43. The van der Waals surface area contributed by atoms with Crippen molar-refractivity contribution < 1.29 is 0 Å². The van der Waals surface area contributed by atoms with Gasteiger partial charge in [-0.2, -0.15) is 5.10 Å². The van der Waals surface area contributed by atoms with E-state index in [9.17, 15) is 4.79 Å². The number of aromatic amines is 1. The number of fused-ring (bicyclic) bond motifs is 1. The predicted octanol–water partition coefficient (Wildman–Crippen LogP) is 4.22. The molecule has 7 nitrogen and oxygen atoms in total. The average Bonchev–Trinajstić information content (AvgIpc) is 3.62. The van der Waals surface area contributed by atoms with Crippen LogP contribution in [0.3, 0.4) is 0 Å². The lowest BCUT2D eigenvalue weighted by Gasteiger charge is -2.34.